The van der Waals surface area contributed by atoms with E-state index in [2.05, 4.69) is 4.99 Å². The average Bonchev–Trinajstić information content (AvgIpc) is 2.47. The molecule has 14 heavy (non-hydrogen) atoms. The summed E-state index contributed by atoms with van der Waals surface area (Å²) >= 11 is 0. The van der Waals surface area contributed by atoms with Crippen LogP contribution in [0.15, 0.2) is 35.3 Å². The van der Waals surface area contributed by atoms with Crippen LogP contribution in [0.2, 0.25) is 0 Å². The summed E-state index contributed by atoms with van der Waals surface area (Å²) in [7, 11) is 0. The van der Waals surface area contributed by atoms with Gasteiger partial charge in [0, 0.05) is 6.42 Å². The Morgan fingerprint density at radius 1 is 1.36 bits per heavy atom. The van der Waals surface area contributed by atoms with Gasteiger partial charge in [-0.1, -0.05) is 30.3 Å². The quantitative estimate of drug-likeness (QED) is 0.759. The zero-order valence-corrected chi connectivity index (χ0v) is 7.51. The molecule has 2 rings (SSSR count). The Morgan fingerprint density at radius 2 is 2.07 bits per heavy atom. The van der Waals surface area contributed by atoms with E-state index in [1.54, 1.807) is 0 Å². The fraction of sp³-hybridized carbons (Fsp3) is 0.200. The number of aliphatic imine (C=N–C) groups is 1. The van der Waals surface area contributed by atoms with Crippen molar-refractivity contribution >= 4 is 11.9 Å². The smallest absolute Gasteiger partial charge is 0.436 e. The maximum Gasteiger partial charge on any atom is 0.436 e. The number of carbonyl (C=O) groups is 1. The molecule has 1 aromatic carbocycles. The predicted molar refractivity (Wildman–Crippen MR) is 52.0 cm³/mol. The Hall–Kier alpha value is -1.84. The lowest BCUT2D eigenvalue weighted by molar-refractivity contribution is 0.148. The van der Waals surface area contributed by atoms with Gasteiger partial charge in [-0.2, -0.15) is 4.99 Å². The van der Waals surface area contributed by atoms with Crippen LogP contribution in [0.25, 0.3) is 0 Å². The van der Waals surface area contributed by atoms with Gasteiger partial charge in [0.1, 0.15) is 5.84 Å². The fourth-order valence-corrected chi connectivity index (χ4v) is 1.36. The third kappa shape index (κ3) is 1.74. The van der Waals surface area contributed by atoms with Crippen molar-refractivity contribution in [1.29, 1.82) is 0 Å². The number of carbonyl (C=O) groups excluding carboxylic acids is 1. The molecule has 0 radical (unpaired) electrons. The van der Waals surface area contributed by atoms with Crippen LogP contribution in [-0.4, -0.2) is 18.0 Å². The van der Waals surface area contributed by atoms with Gasteiger partial charge in [-0.15, -0.1) is 0 Å². The molecule has 1 aliphatic heterocycles. The molecular weight excluding hydrogens is 180 g/mol. The molecular formula is C10H10N2O2. The minimum Gasteiger partial charge on any atom is -0.436 e. The number of ether oxygens (including phenoxy) is 1. The summed E-state index contributed by atoms with van der Waals surface area (Å²) < 4.78 is 4.91. The molecule has 0 saturated carbocycles. The number of hydrogen-bond donors (Lipinski definition) is 1. The normalized spacial score (nSPS) is 20.4. The summed E-state index contributed by atoms with van der Waals surface area (Å²) in [4.78, 5) is 14.3. The molecule has 2 N–H and O–H groups in total. The van der Waals surface area contributed by atoms with Gasteiger partial charge in [-0.25, -0.2) is 4.79 Å². The number of rotatable bonds is 2. The molecule has 0 fully saturated rings. The maximum absolute atomic E-state index is 10.8. The van der Waals surface area contributed by atoms with Crippen molar-refractivity contribution in [3.63, 3.8) is 0 Å². The first kappa shape index (κ1) is 8.74. The predicted octanol–water partition coefficient (Wildman–Crippen LogP) is 1.11. The third-order valence-electron chi connectivity index (χ3n) is 2.06. The van der Waals surface area contributed by atoms with Crippen molar-refractivity contribution in [3.05, 3.63) is 35.9 Å². The number of amides is 1. The Bertz CT molecular complexity index is 373. The van der Waals surface area contributed by atoms with Crippen LogP contribution in [-0.2, 0) is 11.2 Å². The van der Waals surface area contributed by atoms with Gasteiger partial charge in [0.05, 0.1) is 0 Å². The molecule has 0 spiro atoms. The monoisotopic (exact) mass is 190 g/mol. The highest BCUT2D eigenvalue weighted by Crippen LogP contribution is 2.11. The number of benzene rings is 1. The summed E-state index contributed by atoms with van der Waals surface area (Å²) in [6.07, 6.45) is -0.407. The molecule has 0 aliphatic carbocycles. The van der Waals surface area contributed by atoms with E-state index in [-0.39, 0.29) is 5.84 Å². The zero-order valence-electron chi connectivity index (χ0n) is 7.51. The summed E-state index contributed by atoms with van der Waals surface area (Å²) in [5, 5.41) is 0. The first-order valence-electron chi connectivity index (χ1n) is 4.34. The molecule has 0 saturated heterocycles. The minimum absolute atomic E-state index is 0.263. The molecule has 1 aliphatic rings. The summed E-state index contributed by atoms with van der Waals surface area (Å²) in [5.41, 5.74) is 6.60. The van der Waals surface area contributed by atoms with Gasteiger partial charge in [-0.05, 0) is 5.56 Å². The average molecular weight is 190 g/mol. The van der Waals surface area contributed by atoms with Crippen LogP contribution in [0.1, 0.15) is 5.56 Å². The van der Waals surface area contributed by atoms with Gasteiger partial charge in [0.15, 0.2) is 6.10 Å². The highest BCUT2D eigenvalue weighted by atomic mass is 16.6. The Balaban J connectivity index is 2.07. The number of amidine groups is 1. The second-order valence-electron chi connectivity index (χ2n) is 3.10. The van der Waals surface area contributed by atoms with Crippen molar-refractivity contribution in [2.24, 2.45) is 10.7 Å². The molecule has 1 unspecified atom stereocenters. The largest absolute Gasteiger partial charge is 0.436 e. The number of cyclic esters (lactones) is 1. The van der Waals surface area contributed by atoms with Crippen LogP contribution >= 0.6 is 0 Å². The van der Waals surface area contributed by atoms with Gasteiger partial charge in [0.2, 0.25) is 0 Å². The van der Waals surface area contributed by atoms with E-state index in [1.165, 1.54) is 0 Å². The Morgan fingerprint density at radius 3 is 2.64 bits per heavy atom. The van der Waals surface area contributed by atoms with E-state index >= 15 is 0 Å². The first-order chi connectivity index (χ1) is 6.75. The van der Waals surface area contributed by atoms with Crippen LogP contribution in [0.4, 0.5) is 4.79 Å². The molecule has 4 nitrogen and oxygen atoms in total. The highest BCUT2D eigenvalue weighted by Gasteiger charge is 2.25. The molecule has 72 valence electrons. The summed E-state index contributed by atoms with van der Waals surface area (Å²) in [6, 6.07) is 9.71. The summed E-state index contributed by atoms with van der Waals surface area (Å²) in [6.45, 7) is 0. The lowest BCUT2D eigenvalue weighted by atomic mass is 10.1. The molecule has 0 aromatic heterocycles. The number of nitrogens with two attached hydrogens (primary N) is 1. The van der Waals surface area contributed by atoms with Gasteiger partial charge in [-0.3, -0.25) is 0 Å². The second kappa shape index (κ2) is 3.49. The SMILES string of the molecule is NC1=NC(=O)OC1Cc1ccccc1. The van der Waals surface area contributed by atoms with Crippen LogP contribution in [0.5, 0.6) is 0 Å². The standard InChI is InChI=1S/C10H10N2O2/c11-9-8(14-10(13)12-9)6-7-4-2-1-3-5-7/h1-5,8H,6H2,(H2,11,12,13). The van der Waals surface area contributed by atoms with Gasteiger partial charge in [0.25, 0.3) is 0 Å². The van der Waals surface area contributed by atoms with Crippen molar-refractivity contribution < 1.29 is 9.53 Å². The van der Waals surface area contributed by atoms with E-state index in [4.69, 9.17) is 10.5 Å². The molecule has 0 bridgehead atoms. The third-order valence-corrected chi connectivity index (χ3v) is 2.06. The topological polar surface area (TPSA) is 64.7 Å². The van der Waals surface area contributed by atoms with Crippen LogP contribution < -0.4 is 5.73 Å². The Kier molecular flexibility index (Phi) is 2.18. The molecule has 1 amide bonds. The van der Waals surface area contributed by atoms with E-state index in [0.29, 0.717) is 6.42 Å². The fourth-order valence-electron chi connectivity index (χ4n) is 1.36. The van der Waals surface area contributed by atoms with E-state index < -0.39 is 12.2 Å². The molecule has 1 atom stereocenters. The van der Waals surface area contributed by atoms with Gasteiger partial charge < -0.3 is 10.5 Å². The van der Waals surface area contributed by atoms with Crippen molar-refractivity contribution in [2.75, 3.05) is 0 Å². The van der Waals surface area contributed by atoms with Crippen LogP contribution in [0, 0.1) is 0 Å². The molecule has 4 heteroatoms. The van der Waals surface area contributed by atoms with Crippen molar-refractivity contribution in [1.82, 2.24) is 0 Å². The van der Waals surface area contributed by atoms with Gasteiger partial charge >= 0.3 is 6.09 Å². The van der Waals surface area contributed by atoms with E-state index in [1.807, 2.05) is 30.3 Å². The first-order valence-corrected chi connectivity index (χ1v) is 4.34. The number of hydrogen-bond acceptors (Lipinski definition) is 3. The van der Waals surface area contributed by atoms with E-state index in [0.717, 1.165) is 5.56 Å². The van der Waals surface area contributed by atoms with Crippen molar-refractivity contribution in [3.8, 4) is 0 Å². The Labute approximate surface area is 81.4 Å². The minimum atomic E-state index is -0.594. The van der Waals surface area contributed by atoms with Crippen molar-refractivity contribution in [2.45, 2.75) is 12.5 Å². The summed E-state index contributed by atoms with van der Waals surface area (Å²) in [5.74, 6) is 0.263. The molecule has 1 aromatic rings. The lowest BCUT2D eigenvalue weighted by Crippen LogP contribution is -2.28. The van der Waals surface area contributed by atoms with E-state index in [9.17, 15) is 4.79 Å². The zero-order chi connectivity index (χ0) is 9.97. The lowest BCUT2D eigenvalue weighted by Gasteiger charge is -2.08. The maximum atomic E-state index is 10.8. The second-order valence-corrected chi connectivity index (χ2v) is 3.10. The highest BCUT2D eigenvalue weighted by molar-refractivity contribution is 5.98. The van der Waals surface area contributed by atoms with Crippen LogP contribution in [0.3, 0.4) is 0 Å². The molecule has 1 heterocycles. The number of nitrogens with zero attached hydrogens (tertiary/aromatic N) is 1.